The number of nitrogens with zero attached hydrogens (tertiary/aromatic N) is 1. The van der Waals surface area contributed by atoms with Gasteiger partial charge in [0.2, 0.25) is 11.7 Å². The Bertz CT molecular complexity index is 886. The van der Waals surface area contributed by atoms with Gasteiger partial charge in [0.25, 0.3) is 11.8 Å². The Balaban J connectivity index is 1.71. The van der Waals surface area contributed by atoms with Crippen molar-refractivity contribution in [3.63, 3.8) is 0 Å². The second kappa shape index (κ2) is 11.5. The van der Waals surface area contributed by atoms with Crippen LogP contribution in [0.25, 0.3) is 0 Å². The highest BCUT2D eigenvalue weighted by atomic mass is 32.2. The number of aliphatic hydroxyl groups is 1. The molecule has 0 radical (unpaired) electrons. The van der Waals surface area contributed by atoms with Crippen LogP contribution < -0.4 is 15.4 Å². The molecule has 2 amide bonds. The van der Waals surface area contributed by atoms with E-state index in [1.165, 1.54) is 11.8 Å². The lowest BCUT2D eigenvalue weighted by atomic mass is 9.64. The van der Waals surface area contributed by atoms with E-state index in [1.807, 2.05) is 27.7 Å². The van der Waals surface area contributed by atoms with Gasteiger partial charge in [0.05, 0.1) is 11.0 Å². The minimum Gasteiger partial charge on any atom is -0.474 e. The summed E-state index contributed by atoms with van der Waals surface area (Å²) in [6.07, 6.45) is 5.73. The first-order valence-electron chi connectivity index (χ1n) is 13.0. The number of ether oxygens (including phenoxy) is 1. The number of nitrogens with one attached hydrogen (secondary N) is 2. The van der Waals surface area contributed by atoms with Gasteiger partial charge in [0.15, 0.2) is 0 Å². The molecule has 0 spiro atoms. The molecule has 1 aromatic heterocycles. The van der Waals surface area contributed by atoms with E-state index in [2.05, 4.69) is 29.6 Å². The number of carbonyl (C=O) groups excluding carboxylic acids is 2. The van der Waals surface area contributed by atoms with E-state index < -0.39 is 11.0 Å². The third-order valence-electron chi connectivity index (χ3n) is 7.18. The normalized spacial score (nSPS) is 25.3. The fourth-order valence-electron chi connectivity index (χ4n) is 5.21. The molecule has 2 aliphatic carbocycles. The molecule has 0 aliphatic heterocycles. The zero-order valence-corrected chi connectivity index (χ0v) is 22.9. The highest BCUT2D eigenvalue weighted by molar-refractivity contribution is 7.99. The van der Waals surface area contributed by atoms with Crippen molar-refractivity contribution >= 4 is 23.6 Å². The smallest absolute Gasteiger partial charge is 0.291 e. The summed E-state index contributed by atoms with van der Waals surface area (Å²) in [7, 11) is 0. The van der Waals surface area contributed by atoms with Crippen LogP contribution in [0.1, 0.15) is 90.6 Å². The average molecular weight is 510 g/mol. The highest BCUT2D eigenvalue weighted by Gasteiger charge is 2.43. The van der Waals surface area contributed by atoms with Gasteiger partial charge in [-0.25, -0.2) is 0 Å². The zero-order valence-electron chi connectivity index (χ0n) is 22.1. The molecule has 3 unspecified atom stereocenters. The minimum absolute atomic E-state index is 0.0935. The molecular formula is C26H43N3O5S. The van der Waals surface area contributed by atoms with Crippen LogP contribution in [0.5, 0.6) is 5.88 Å². The van der Waals surface area contributed by atoms with Crippen LogP contribution in [-0.2, 0) is 4.79 Å². The molecule has 2 saturated carbocycles. The number of thioether (sulfide) groups is 1. The number of hydrogen-bond acceptors (Lipinski definition) is 7. The third kappa shape index (κ3) is 7.15. The number of fused-ring (bicyclic) bond motifs is 2. The van der Waals surface area contributed by atoms with Gasteiger partial charge in [-0.3, -0.25) is 9.59 Å². The summed E-state index contributed by atoms with van der Waals surface area (Å²) < 4.78 is 11.4. The Morgan fingerprint density at radius 3 is 2.71 bits per heavy atom. The summed E-state index contributed by atoms with van der Waals surface area (Å²) in [6, 6.07) is -0.0935. The minimum atomic E-state index is -0.759. The van der Waals surface area contributed by atoms with E-state index in [0.717, 1.165) is 44.3 Å². The molecule has 8 nitrogen and oxygen atoms in total. The highest BCUT2D eigenvalue weighted by Crippen LogP contribution is 2.46. The van der Waals surface area contributed by atoms with Crippen LogP contribution in [0.2, 0.25) is 0 Å². The van der Waals surface area contributed by atoms with Crippen molar-refractivity contribution in [2.75, 3.05) is 18.9 Å². The predicted octanol–water partition coefficient (Wildman–Crippen LogP) is 4.41. The van der Waals surface area contributed by atoms with Gasteiger partial charge in [-0.15, -0.1) is 11.8 Å². The molecule has 3 rings (SSSR count). The van der Waals surface area contributed by atoms with Crippen molar-refractivity contribution in [1.29, 1.82) is 0 Å². The first-order chi connectivity index (χ1) is 16.4. The topological polar surface area (TPSA) is 114 Å². The molecule has 35 heavy (non-hydrogen) atoms. The standard InChI is InChI=1S/C26H43N3O5S/c1-7-27-24(31)25(5,6)15-33-23-21(35-14-16(2)3)20(34-29-23)22(30)28-17(4)19-11-18-9-8-10-26(32,12-18)13-19/h16-19,32H,7-15H2,1-6H3,(H,27,31)(H,28,30)/t17?,18?,19?,26-/m1/s1. The van der Waals surface area contributed by atoms with Crippen molar-refractivity contribution in [1.82, 2.24) is 15.8 Å². The summed E-state index contributed by atoms with van der Waals surface area (Å²) in [6.45, 7) is 12.4. The molecule has 0 saturated heterocycles. The van der Waals surface area contributed by atoms with Gasteiger partial charge in [0.1, 0.15) is 11.5 Å². The van der Waals surface area contributed by atoms with Crippen LogP contribution in [-0.4, -0.2) is 52.6 Å². The molecule has 0 aromatic carbocycles. The molecular weight excluding hydrogens is 466 g/mol. The van der Waals surface area contributed by atoms with Gasteiger partial charge >= 0.3 is 0 Å². The maximum atomic E-state index is 13.3. The summed E-state index contributed by atoms with van der Waals surface area (Å²) in [4.78, 5) is 26.2. The second-order valence-corrected chi connectivity index (χ2v) is 12.6. The summed E-state index contributed by atoms with van der Waals surface area (Å²) in [5, 5.41) is 20.9. The number of aromatic nitrogens is 1. The van der Waals surface area contributed by atoms with Crippen LogP contribution in [0, 0.1) is 23.2 Å². The summed E-state index contributed by atoms with van der Waals surface area (Å²) in [5.41, 5.74) is -1.35. The van der Waals surface area contributed by atoms with Crippen molar-refractivity contribution in [2.45, 2.75) is 96.6 Å². The van der Waals surface area contributed by atoms with E-state index in [1.54, 1.807) is 0 Å². The molecule has 3 N–H and O–H groups in total. The Kier molecular flexibility index (Phi) is 9.18. The van der Waals surface area contributed by atoms with Crippen LogP contribution in [0.4, 0.5) is 0 Å². The molecule has 1 heterocycles. The van der Waals surface area contributed by atoms with Crippen LogP contribution in [0.3, 0.4) is 0 Å². The summed E-state index contributed by atoms with van der Waals surface area (Å²) in [5.74, 6) is 1.88. The van der Waals surface area contributed by atoms with Gasteiger partial charge in [-0.1, -0.05) is 26.7 Å². The second-order valence-electron chi connectivity index (χ2n) is 11.5. The fourth-order valence-corrected chi connectivity index (χ4v) is 6.19. The van der Waals surface area contributed by atoms with E-state index in [4.69, 9.17) is 9.26 Å². The van der Waals surface area contributed by atoms with E-state index in [-0.39, 0.29) is 42.0 Å². The quantitative estimate of drug-likeness (QED) is 0.379. The molecule has 1 aromatic rings. The SMILES string of the molecule is CCNC(=O)C(C)(C)COc1noc(C(=O)NC(C)C2CC3CCC[C@@](O)(C3)C2)c1SCC(C)C. The maximum Gasteiger partial charge on any atom is 0.291 e. The molecule has 4 atom stereocenters. The van der Waals surface area contributed by atoms with Crippen LogP contribution >= 0.6 is 11.8 Å². The van der Waals surface area contributed by atoms with Crippen molar-refractivity contribution < 1.29 is 24.0 Å². The predicted molar refractivity (Wildman–Crippen MR) is 137 cm³/mol. The lowest BCUT2D eigenvalue weighted by molar-refractivity contribution is -0.130. The van der Waals surface area contributed by atoms with Gasteiger partial charge < -0.3 is 25.0 Å². The molecule has 2 fully saturated rings. The van der Waals surface area contributed by atoms with Crippen molar-refractivity contribution in [2.24, 2.45) is 23.2 Å². The van der Waals surface area contributed by atoms with Crippen LogP contribution in [0.15, 0.2) is 9.42 Å². The zero-order chi connectivity index (χ0) is 25.8. The van der Waals surface area contributed by atoms with Crippen molar-refractivity contribution in [3.05, 3.63) is 5.76 Å². The Morgan fingerprint density at radius 2 is 2.06 bits per heavy atom. The van der Waals surface area contributed by atoms with Crippen molar-refractivity contribution in [3.8, 4) is 5.88 Å². The van der Waals surface area contributed by atoms with E-state index in [0.29, 0.717) is 23.3 Å². The molecule has 198 valence electrons. The number of amides is 2. The average Bonchev–Trinajstić information content (AvgIpc) is 3.18. The Morgan fingerprint density at radius 1 is 1.31 bits per heavy atom. The first-order valence-corrected chi connectivity index (χ1v) is 14.0. The largest absolute Gasteiger partial charge is 0.474 e. The summed E-state index contributed by atoms with van der Waals surface area (Å²) >= 11 is 1.48. The number of hydrogen-bond donors (Lipinski definition) is 3. The van der Waals surface area contributed by atoms with Gasteiger partial charge in [0, 0.05) is 18.3 Å². The molecule has 9 heteroatoms. The van der Waals surface area contributed by atoms with E-state index in [9.17, 15) is 14.7 Å². The lowest BCUT2D eigenvalue weighted by Gasteiger charge is -2.46. The fraction of sp³-hybridized carbons (Fsp3) is 0.808. The third-order valence-corrected chi connectivity index (χ3v) is 8.66. The number of carbonyl (C=O) groups is 2. The molecule has 2 bridgehead atoms. The van der Waals surface area contributed by atoms with Gasteiger partial charge in [-0.05, 0) is 76.3 Å². The van der Waals surface area contributed by atoms with E-state index >= 15 is 0 Å². The lowest BCUT2D eigenvalue weighted by Crippen LogP contribution is -2.48. The molecule has 2 aliphatic rings. The Labute approximate surface area is 213 Å². The number of rotatable bonds is 11. The monoisotopic (exact) mass is 509 g/mol. The maximum absolute atomic E-state index is 13.3. The first kappa shape index (κ1) is 27.8. The Hall–Kier alpha value is -1.74. The van der Waals surface area contributed by atoms with Gasteiger partial charge in [-0.2, -0.15) is 0 Å².